The van der Waals surface area contributed by atoms with Gasteiger partial charge < -0.3 is 9.13 Å². The fraction of sp³-hybridized carbons (Fsp3) is 0.185. The van der Waals surface area contributed by atoms with E-state index in [4.69, 9.17) is 0 Å². The third-order valence-electron chi connectivity index (χ3n) is 5.91. The molecule has 7 nitrogen and oxygen atoms in total. The molecule has 0 bridgehead atoms. The van der Waals surface area contributed by atoms with Crippen LogP contribution in [0.1, 0.15) is 19.4 Å². The fourth-order valence-electron chi connectivity index (χ4n) is 4.31. The van der Waals surface area contributed by atoms with Gasteiger partial charge in [-0.05, 0) is 37.6 Å². The molecule has 1 N–H and O–H groups in total. The first-order valence-corrected chi connectivity index (χ1v) is 12.6. The zero-order valence-corrected chi connectivity index (χ0v) is 20.5. The number of nitrogens with zero attached hydrogens (tertiary/aromatic N) is 5. The number of thioether (sulfide) groups is 1. The number of benzene rings is 3. The molecular weight excluding hydrogens is 456 g/mol. The summed E-state index contributed by atoms with van der Waals surface area (Å²) < 4.78 is 4.32. The van der Waals surface area contributed by atoms with Crippen LogP contribution < -0.4 is 5.43 Å². The average Bonchev–Trinajstić information content (AvgIpc) is 3.46. The fourth-order valence-corrected chi connectivity index (χ4v) is 5.11. The molecule has 0 aliphatic rings. The Labute approximate surface area is 207 Å². The highest BCUT2D eigenvalue weighted by Gasteiger charge is 2.14. The van der Waals surface area contributed by atoms with Crippen molar-refractivity contribution in [2.24, 2.45) is 5.10 Å². The van der Waals surface area contributed by atoms with Crippen LogP contribution in [0.5, 0.6) is 0 Å². The van der Waals surface area contributed by atoms with E-state index in [1.165, 1.54) is 33.6 Å². The topological polar surface area (TPSA) is 77.1 Å². The van der Waals surface area contributed by atoms with Gasteiger partial charge in [0.25, 0.3) is 5.91 Å². The van der Waals surface area contributed by atoms with Crippen molar-refractivity contribution in [3.05, 3.63) is 78.4 Å². The van der Waals surface area contributed by atoms with Gasteiger partial charge in [-0.15, -0.1) is 10.2 Å². The van der Waals surface area contributed by atoms with E-state index in [2.05, 4.69) is 68.6 Å². The molecular formula is C27H26N6OS. The van der Waals surface area contributed by atoms with Gasteiger partial charge >= 0.3 is 0 Å². The lowest BCUT2D eigenvalue weighted by Gasteiger charge is -2.06. The molecule has 0 aliphatic carbocycles. The van der Waals surface area contributed by atoms with Crippen LogP contribution in [0.4, 0.5) is 0 Å². The van der Waals surface area contributed by atoms with E-state index in [1.807, 2.05) is 47.9 Å². The zero-order valence-electron chi connectivity index (χ0n) is 19.7. The lowest BCUT2D eigenvalue weighted by molar-refractivity contribution is -0.118. The van der Waals surface area contributed by atoms with Gasteiger partial charge in [-0.25, -0.2) is 5.43 Å². The van der Waals surface area contributed by atoms with Gasteiger partial charge in [-0.1, -0.05) is 66.4 Å². The maximum atomic E-state index is 12.4. The van der Waals surface area contributed by atoms with Gasteiger partial charge in [0.1, 0.15) is 0 Å². The maximum Gasteiger partial charge on any atom is 0.250 e. The first-order valence-electron chi connectivity index (χ1n) is 11.6. The summed E-state index contributed by atoms with van der Waals surface area (Å²) in [6, 6.07) is 24.6. The average molecular weight is 483 g/mol. The minimum Gasteiger partial charge on any atom is -0.341 e. The molecule has 0 unspecified atom stereocenters. The number of rotatable bonds is 8. The molecule has 0 spiro atoms. The zero-order chi connectivity index (χ0) is 24.2. The Balaban J connectivity index is 1.25. The van der Waals surface area contributed by atoms with Crippen molar-refractivity contribution in [2.45, 2.75) is 32.1 Å². The molecule has 8 heteroatoms. The predicted molar refractivity (Wildman–Crippen MR) is 143 cm³/mol. The molecule has 2 aromatic heterocycles. The van der Waals surface area contributed by atoms with E-state index in [0.717, 1.165) is 30.0 Å². The Kier molecular flexibility index (Phi) is 6.63. The number of carbonyl (C=O) groups is 1. The number of para-hydroxylation sites is 1. The monoisotopic (exact) mass is 482 g/mol. The van der Waals surface area contributed by atoms with E-state index in [-0.39, 0.29) is 11.7 Å². The number of amides is 1. The maximum absolute atomic E-state index is 12.4. The standard InChI is InChI=1S/C27H26N6OS/c1-3-32-23-13-9-8-12-21(23)22-16-19(14-15-24(22)32)17-28-29-25(34)18-35-27-31-30-26(33(27)4-2)20-10-6-5-7-11-20/h5-17H,3-4,18H2,1-2H3,(H,29,34). The summed E-state index contributed by atoms with van der Waals surface area (Å²) in [6.45, 7) is 5.82. The van der Waals surface area contributed by atoms with E-state index in [0.29, 0.717) is 5.16 Å². The molecule has 176 valence electrons. The second-order valence-electron chi connectivity index (χ2n) is 8.04. The third kappa shape index (κ3) is 4.57. The number of hydrogen-bond donors (Lipinski definition) is 1. The smallest absolute Gasteiger partial charge is 0.250 e. The Bertz CT molecular complexity index is 1520. The summed E-state index contributed by atoms with van der Waals surface area (Å²) in [7, 11) is 0. The number of carbonyl (C=O) groups excluding carboxylic acids is 1. The molecule has 0 saturated carbocycles. The molecule has 0 aliphatic heterocycles. The van der Waals surface area contributed by atoms with Crippen molar-refractivity contribution in [1.82, 2.24) is 24.8 Å². The summed E-state index contributed by atoms with van der Waals surface area (Å²) in [4.78, 5) is 12.4. The van der Waals surface area contributed by atoms with Gasteiger partial charge in [0.05, 0.1) is 12.0 Å². The Morgan fingerprint density at radius 2 is 1.66 bits per heavy atom. The number of hydrogen-bond acceptors (Lipinski definition) is 5. The van der Waals surface area contributed by atoms with Crippen LogP contribution >= 0.6 is 11.8 Å². The van der Waals surface area contributed by atoms with E-state index < -0.39 is 0 Å². The second kappa shape index (κ2) is 10.1. The molecule has 35 heavy (non-hydrogen) atoms. The number of fused-ring (bicyclic) bond motifs is 3. The Morgan fingerprint density at radius 1 is 0.914 bits per heavy atom. The van der Waals surface area contributed by atoms with Crippen LogP contribution in [-0.4, -0.2) is 37.2 Å². The first kappa shape index (κ1) is 22.9. The highest BCUT2D eigenvalue weighted by atomic mass is 32.2. The predicted octanol–water partition coefficient (Wildman–Crippen LogP) is 5.34. The van der Waals surface area contributed by atoms with Crippen molar-refractivity contribution < 1.29 is 4.79 Å². The van der Waals surface area contributed by atoms with Crippen molar-refractivity contribution in [1.29, 1.82) is 0 Å². The molecule has 3 aromatic carbocycles. The number of aromatic nitrogens is 4. The van der Waals surface area contributed by atoms with Crippen LogP contribution in [-0.2, 0) is 17.9 Å². The van der Waals surface area contributed by atoms with E-state index in [1.54, 1.807) is 6.21 Å². The van der Waals surface area contributed by atoms with Crippen molar-refractivity contribution >= 4 is 45.7 Å². The molecule has 1 amide bonds. The molecule has 0 atom stereocenters. The summed E-state index contributed by atoms with van der Waals surface area (Å²) in [5, 5.41) is 15.9. The van der Waals surface area contributed by atoms with Crippen LogP contribution in [0.2, 0.25) is 0 Å². The molecule has 0 fully saturated rings. The lowest BCUT2D eigenvalue weighted by Crippen LogP contribution is -2.20. The van der Waals surface area contributed by atoms with Crippen molar-refractivity contribution in [2.75, 3.05) is 5.75 Å². The van der Waals surface area contributed by atoms with Crippen LogP contribution in [0.25, 0.3) is 33.2 Å². The number of hydrazone groups is 1. The van der Waals surface area contributed by atoms with Gasteiger partial charge in [0.2, 0.25) is 0 Å². The lowest BCUT2D eigenvalue weighted by atomic mass is 10.1. The SMILES string of the molecule is CCn1c(SCC(=O)NN=Cc2ccc3c(c2)c2ccccc2n3CC)nnc1-c1ccccc1. The molecule has 0 radical (unpaired) electrons. The van der Waals surface area contributed by atoms with Crippen molar-refractivity contribution in [3.63, 3.8) is 0 Å². The minimum atomic E-state index is -0.193. The van der Waals surface area contributed by atoms with Crippen LogP contribution in [0.3, 0.4) is 0 Å². The van der Waals surface area contributed by atoms with Crippen molar-refractivity contribution in [3.8, 4) is 11.4 Å². The van der Waals surface area contributed by atoms with E-state index >= 15 is 0 Å². The first-order chi connectivity index (χ1) is 17.2. The minimum absolute atomic E-state index is 0.193. The Morgan fingerprint density at radius 3 is 2.46 bits per heavy atom. The third-order valence-corrected chi connectivity index (χ3v) is 6.88. The second-order valence-corrected chi connectivity index (χ2v) is 8.98. The van der Waals surface area contributed by atoms with Gasteiger partial charge in [-0.3, -0.25) is 4.79 Å². The highest BCUT2D eigenvalue weighted by Crippen LogP contribution is 2.29. The molecule has 5 rings (SSSR count). The summed E-state index contributed by atoms with van der Waals surface area (Å²) >= 11 is 1.35. The molecule has 5 aromatic rings. The summed E-state index contributed by atoms with van der Waals surface area (Å²) in [5.41, 5.74) is 6.98. The largest absolute Gasteiger partial charge is 0.341 e. The Hall–Kier alpha value is -3.91. The number of aryl methyl sites for hydroxylation is 1. The van der Waals surface area contributed by atoms with Gasteiger partial charge in [0.15, 0.2) is 11.0 Å². The van der Waals surface area contributed by atoms with Gasteiger partial charge in [-0.2, -0.15) is 5.10 Å². The normalized spacial score (nSPS) is 11.6. The molecule has 0 saturated heterocycles. The highest BCUT2D eigenvalue weighted by molar-refractivity contribution is 7.99. The summed E-state index contributed by atoms with van der Waals surface area (Å²) in [5.74, 6) is 0.809. The quantitative estimate of drug-likeness (QED) is 0.184. The van der Waals surface area contributed by atoms with Gasteiger partial charge in [0, 0.05) is 40.5 Å². The number of nitrogens with one attached hydrogen (secondary N) is 1. The van der Waals surface area contributed by atoms with Crippen LogP contribution in [0.15, 0.2) is 83.1 Å². The summed E-state index contributed by atoms with van der Waals surface area (Å²) in [6.07, 6.45) is 1.68. The van der Waals surface area contributed by atoms with Crippen LogP contribution in [0, 0.1) is 0 Å². The molecule has 2 heterocycles. The van der Waals surface area contributed by atoms with E-state index in [9.17, 15) is 4.79 Å².